The van der Waals surface area contributed by atoms with Gasteiger partial charge < -0.3 is 10.2 Å². The summed E-state index contributed by atoms with van der Waals surface area (Å²) in [5, 5.41) is 3.28. The molecule has 1 aromatic rings. The molecule has 1 aromatic carbocycles. The quantitative estimate of drug-likeness (QED) is 0.748. The SMILES string of the molecule is CCNCc1cccc(SC(C)C(=O)N(CC)CC)c1. The fourth-order valence-electron chi connectivity index (χ4n) is 2.05. The number of thioether (sulfide) groups is 1. The van der Waals surface area contributed by atoms with Crippen LogP contribution in [-0.4, -0.2) is 35.7 Å². The zero-order valence-electron chi connectivity index (χ0n) is 13.0. The molecular formula is C16H26N2OS. The summed E-state index contributed by atoms with van der Waals surface area (Å²) in [4.78, 5) is 15.3. The van der Waals surface area contributed by atoms with Crippen molar-refractivity contribution in [2.24, 2.45) is 0 Å². The van der Waals surface area contributed by atoms with Crippen molar-refractivity contribution in [3.63, 3.8) is 0 Å². The first kappa shape index (κ1) is 17.1. The van der Waals surface area contributed by atoms with Crippen LogP contribution in [0.25, 0.3) is 0 Å². The smallest absolute Gasteiger partial charge is 0.235 e. The van der Waals surface area contributed by atoms with E-state index in [9.17, 15) is 4.79 Å². The molecular weight excluding hydrogens is 268 g/mol. The molecule has 4 heteroatoms. The summed E-state index contributed by atoms with van der Waals surface area (Å²) in [5.41, 5.74) is 1.26. The molecule has 0 bridgehead atoms. The molecule has 3 nitrogen and oxygen atoms in total. The van der Waals surface area contributed by atoms with E-state index < -0.39 is 0 Å². The Bertz CT molecular complexity index is 419. The number of carbonyl (C=O) groups is 1. The van der Waals surface area contributed by atoms with Crippen LogP contribution in [0.5, 0.6) is 0 Å². The Morgan fingerprint density at radius 3 is 2.60 bits per heavy atom. The molecule has 0 spiro atoms. The molecule has 0 radical (unpaired) electrons. The number of carbonyl (C=O) groups excluding carboxylic acids is 1. The van der Waals surface area contributed by atoms with E-state index in [1.54, 1.807) is 11.8 Å². The van der Waals surface area contributed by atoms with E-state index in [-0.39, 0.29) is 11.2 Å². The van der Waals surface area contributed by atoms with Crippen molar-refractivity contribution in [2.75, 3.05) is 19.6 Å². The first-order valence-electron chi connectivity index (χ1n) is 7.37. The summed E-state index contributed by atoms with van der Waals surface area (Å²) >= 11 is 1.64. The zero-order valence-corrected chi connectivity index (χ0v) is 13.8. The van der Waals surface area contributed by atoms with Gasteiger partial charge in [0.15, 0.2) is 0 Å². The lowest BCUT2D eigenvalue weighted by Crippen LogP contribution is -2.36. The van der Waals surface area contributed by atoms with Crippen LogP contribution in [0.4, 0.5) is 0 Å². The lowest BCUT2D eigenvalue weighted by molar-refractivity contribution is -0.129. The highest BCUT2D eigenvalue weighted by Gasteiger charge is 2.19. The van der Waals surface area contributed by atoms with Crippen LogP contribution in [0, 0.1) is 0 Å². The molecule has 0 aliphatic rings. The summed E-state index contributed by atoms with van der Waals surface area (Å²) in [6, 6.07) is 8.42. The fraction of sp³-hybridized carbons (Fsp3) is 0.562. The van der Waals surface area contributed by atoms with Gasteiger partial charge in [-0.15, -0.1) is 11.8 Å². The normalized spacial score (nSPS) is 12.2. The highest BCUT2D eigenvalue weighted by Crippen LogP contribution is 2.25. The number of amides is 1. The van der Waals surface area contributed by atoms with Crippen molar-refractivity contribution in [1.82, 2.24) is 10.2 Å². The average Bonchev–Trinajstić information content (AvgIpc) is 2.46. The summed E-state index contributed by atoms with van der Waals surface area (Å²) in [6.07, 6.45) is 0. The van der Waals surface area contributed by atoms with Crippen molar-refractivity contribution >= 4 is 17.7 Å². The third-order valence-corrected chi connectivity index (χ3v) is 4.29. The van der Waals surface area contributed by atoms with Crippen molar-refractivity contribution in [1.29, 1.82) is 0 Å². The maximum absolute atomic E-state index is 12.3. The molecule has 0 aromatic heterocycles. The Kier molecular flexibility index (Phi) is 7.70. The molecule has 20 heavy (non-hydrogen) atoms. The second kappa shape index (κ2) is 9.03. The average molecular weight is 294 g/mol. The number of nitrogens with one attached hydrogen (secondary N) is 1. The molecule has 0 saturated carbocycles. The second-order valence-corrected chi connectivity index (χ2v) is 6.11. The molecule has 112 valence electrons. The van der Waals surface area contributed by atoms with Crippen LogP contribution < -0.4 is 5.32 Å². The molecule has 1 rings (SSSR count). The van der Waals surface area contributed by atoms with Gasteiger partial charge in [-0.3, -0.25) is 4.79 Å². The Hall–Kier alpha value is -1.00. The zero-order chi connectivity index (χ0) is 15.0. The number of benzene rings is 1. The molecule has 0 heterocycles. The van der Waals surface area contributed by atoms with Gasteiger partial charge in [-0.05, 0) is 45.0 Å². The van der Waals surface area contributed by atoms with Gasteiger partial charge in [-0.2, -0.15) is 0 Å². The first-order chi connectivity index (χ1) is 9.62. The van der Waals surface area contributed by atoms with E-state index in [1.807, 2.05) is 25.7 Å². The van der Waals surface area contributed by atoms with E-state index in [0.717, 1.165) is 31.1 Å². The fourth-order valence-corrected chi connectivity index (χ4v) is 3.08. The van der Waals surface area contributed by atoms with Crippen molar-refractivity contribution in [2.45, 2.75) is 44.4 Å². The van der Waals surface area contributed by atoms with Gasteiger partial charge >= 0.3 is 0 Å². The molecule has 1 amide bonds. The molecule has 1 atom stereocenters. The number of hydrogen-bond acceptors (Lipinski definition) is 3. The van der Waals surface area contributed by atoms with Crippen LogP contribution in [0.2, 0.25) is 0 Å². The minimum absolute atomic E-state index is 0.0377. The lowest BCUT2D eigenvalue weighted by Gasteiger charge is -2.22. The summed E-state index contributed by atoms with van der Waals surface area (Å²) in [6.45, 7) is 11.5. The number of hydrogen-bond donors (Lipinski definition) is 1. The number of rotatable bonds is 8. The van der Waals surface area contributed by atoms with Crippen LogP contribution in [0.1, 0.15) is 33.3 Å². The summed E-state index contributed by atoms with van der Waals surface area (Å²) < 4.78 is 0. The van der Waals surface area contributed by atoms with Crippen LogP contribution in [0.3, 0.4) is 0 Å². The summed E-state index contributed by atoms with van der Waals surface area (Å²) in [7, 11) is 0. The highest BCUT2D eigenvalue weighted by molar-refractivity contribution is 8.00. The molecule has 0 aliphatic carbocycles. The minimum atomic E-state index is -0.0377. The molecule has 1 unspecified atom stereocenters. The minimum Gasteiger partial charge on any atom is -0.342 e. The van der Waals surface area contributed by atoms with E-state index in [2.05, 4.69) is 36.5 Å². The van der Waals surface area contributed by atoms with Crippen molar-refractivity contribution in [3.8, 4) is 0 Å². The predicted molar refractivity (Wildman–Crippen MR) is 87.1 cm³/mol. The van der Waals surface area contributed by atoms with Crippen LogP contribution in [-0.2, 0) is 11.3 Å². The maximum Gasteiger partial charge on any atom is 0.235 e. The van der Waals surface area contributed by atoms with Crippen molar-refractivity contribution < 1.29 is 4.79 Å². The van der Waals surface area contributed by atoms with Gasteiger partial charge in [0, 0.05) is 24.5 Å². The number of nitrogens with zero attached hydrogens (tertiary/aromatic N) is 1. The Morgan fingerprint density at radius 2 is 2.00 bits per heavy atom. The van der Waals surface area contributed by atoms with Gasteiger partial charge in [0.1, 0.15) is 0 Å². The van der Waals surface area contributed by atoms with E-state index in [0.29, 0.717) is 0 Å². The lowest BCUT2D eigenvalue weighted by atomic mass is 10.2. The Morgan fingerprint density at radius 1 is 1.30 bits per heavy atom. The van der Waals surface area contributed by atoms with Crippen LogP contribution in [0.15, 0.2) is 29.2 Å². The standard InChI is InChI=1S/C16H26N2OS/c1-5-17-12-14-9-8-10-15(11-14)20-13(4)16(19)18(6-2)7-3/h8-11,13,17H,5-7,12H2,1-4H3. The van der Waals surface area contributed by atoms with E-state index >= 15 is 0 Å². The van der Waals surface area contributed by atoms with Gasteiger partial charge in [-0.25, -0.2) is 0 Å². The van der Waals surface area contributed by atoms with E-state index in [4.69, 9.17) is 0 Å². The van der Waals surface area contributed by atoms with Gasteiger partial charge in [0.05, 0.1) is 5.25 Å². The maximum atomic E-state index is 12.3. The first-order valence-corrected chi connectivity index (χ1v) is 8.25. The third kappa shape index (κ3) is 5.17. The molecule has 0 saturated heterocycles. The molecule has 1 N–H and O–H groups in total. The predicted octanol–water partition coefficient (Wildman–Crippen LogP) is 3.15. The summed E-state index contributed by atoms with van der Waals surface area (Å²) in [5.74, 6) is 0.220. The molecule has 0 aliphatic heterocycles. The van der Waals surface area contributed by atoms with Crippen molar-refractivity contribution in [3.05, 3.63) is 29.8 Å². The largest absolute Gasteiger partial charge is 0.342 e. The van der Waals surface area contributed by atoms with Gasteiger partial charge in [0.2, 0.25) is 5.91 Å². The monoisotopic (exact) mass is 294 g/mol. The Balaban J connectivity index is 2.65. The second-order valence-electron chi connectivity index (χ2n) is 4.70. The van der Waals surface area contributed by atoms with Crippen LogP contribution >= 0.6 is 11.8 Å². The Labute approximate surface area is 127 Å². The van der Waals surface area contributed by atoms with Gasteiger partial charge in [-0.1, -0.05) is 19.1 Å². The topological polar surface area (TPSA) is 32.3 Å². The van der Waals surface area contributed by atoms with E-state index in [1.165, 1.54) is 5.56 Å². The third-order valence-electron chi connectivity index (χ3n) is 3.21. The highest BCUT2D eigenvalue weighted by atomic mass is 32.2. The van der Waals surface area contributed by atoms with Gasteiger partial charge in [0.25, 0.3) is 0 Å². The molecule has 0 fully saturated rings.